The van der Waals surface area contributed by atoms with Crippen LogP contribution in [0.15, 0.2) is 24.4 Å². The van der Waals surface area contributed by atoms with Crippen LogP contribution in [-0.2, 0) is 14.3 Å². The van der Waals surface area contributed by atoms with Crippen LogP contribution in [0.3, 0.4) is 0 Å². The van der Waals surface area contributed by atoms with Gasteiger partial charge in [0, 0.05) is 30.9 Å². The van der Waals surface area contributed by atoms with E-state index in [1.165, 1.54) is 0 Å². The first-order valence-electron chi connectivity index (χ1n) is 7.87. The van der Waals surface area contributed by atoms with Crippen molar-refractivity contribution in [3.05, 3.63) is 30.1 Å². The van der Waals surface area contributed by atoms with Crippen molar-refractivity contribution in [3.8, 4) is 0 Å². The Balaban J connectivity index is 2.18. The molecule has 0 bridgehead atoms. The molecule has 2 rings (SSSR count). The zero-order valence-corrected chi connectivity index (χ0v) is 14.1. The quantitative estimate of drug-likeness (QED) is 0.801. The van der Waals surface area contributed by atoms with E-state index in [1.54, 1.807) is 18.0 Å². The van der Waals surface area contributed by atoms with E-state index in [1.807, 2.05) is 39.0 Å². The van der Waals surface area contributed by atoms with Crippen LogP contribution in [0.1, 0.15) is 39.3 Å². The van der Waals surface area contributed by atoms with E-state index in [-0.39, 0.29) is 18.4 Å². The highest BCUT2D eigenvalue weighted by molar-refractivity contribution is 5.77. The molecular formula is C17H24N2O4. The van der Waals surface area contributed by atoms with Crippen LogP contribution >= 0.6 is 0 Å². The van der Waals surface area contributed by atoms with Crippen molar-refractivity contribution in [1.82, 2.24) is 9.88 Å². The highest BCUT2D eigenvalue weighted by Crippen LogP contribution is 2.33. The number of pyridine rings is 1. The lowest BCUT2D eigenvalue weighted by molar-refractivity contribution is -0.147. The number of esters is 1. The van der Waals surface area contributed by atoms with Crippen molar-refractivity contribution in [3.63, 3.8) is 0 Å². The molecule has 0 aromatic carbocycles. The number of hydrogen-bond acceptors (Lipinski definition) is 5. The highest BCUT2D eigenvalue weighted by Gasteiger charge is 2.43. The molecule has 2 heterocycles. The molecule has 0 spiro atoms. The fourth-order valence-electron chi connectivity index (χ4n) is 2.66. The van der Waals surface area contributed by atoms with Crippen molar-refractivity contribution >= 4 is 12.1 Å². The molecule has 6 heteroatoms. The van der Waals surface area contributed by atoms with Crippen LogP contribution in [0, 0.1) is 5.92 Å². The van der Waals surface area contributed by atoms with Gasteiger partial charge in [0.2, 0.25) is 0 Å². The Kier molecular flexibility index (Phi) is 5.23. The van der Waals surface area contributed by atoms with Crippen molar-refractivity contribution in [2.45, 2.75) is 39.2 Å². The molecule has 1 amide bonds. The Morgan fingerprint density at radius 1 is 1.30 bits per heavy atom. The van der Waals surface area contributed by atoms with Gasteiger partial charge in [0.15, 0.2) is 0 Å². The number of carbonyl (C=O) groups is 2. The van der Waals surface area contributed by atoms with Gasteiger partial charge < -0.3 is 14.4 Å². The molecule has 0 saturated carbocycles. The maximum atomic E-state index is 12.3. The molecule has 6 nitrogen and oxygen atoms in total. The summed E-state index contributed by atoms with van der Waals surface area (Å²) in [6.45, 7) is 8.23. The van der Waals surface area contributed by atoms with Crippen LogP contribution in [0.2, 0.25) is 0 Å². The number of ether oxygens (including phenoxy) is 2. The summed E-state index contributed by atoms with van der Waals surface area (Å²) in [5.41, 5.74) is 0.219. The molecule has 0 N–H and O–H groups in total. The van der Waals surface area contributed by atoms with Crippen LogP contribution in [-0.4, -0.2) is 47.2 Å². The van der Waals surface area contributed by atoms with Crippen LogP contribution in [0.25, 0.3) is 0 Å². The number of nitrogens with zero attached hydrogens (tertiary/aromatic N) is 2. The number of likely N-dealkylation sites (tertiary alicyclic amines) is 1. The summed E-state index contributed by atoms with van der Waals surface area (Å²) < 4.78 is 10.6. The SMILES string of the molecule is CCOC(=O)C1CN(C(=O)OC(C)(C)C)CC1c1ccccn1. The van der Waals surface area contributed by atoms with Gasteiger partial charge in [-0.3, -0.25) is 9.78 Å². The standard InChI is InChI=1S/C17H24N2O4/c1-5-22-15(20)13-11-19(16(21)23-17(2,3)4)10-12(13)14-8-6-7-9-18-14/h6-9,12-13H,5,10-11H2,1-4H3. The fourth-order valence-corrected chi connectivity index (χ4v) is 2.66. The molecule has 23 heavy (non-hydrogen) atoms. The number of amides is 1. The van der Waals surface area contributed by atoms with Crippen molar-refractivity contribution in [2.75, 3.05) is 19.7 Å². The van der Waals surface area contributed by atoms with Crippen molar-refractivity contribution < 1.29 is 19.1 Å². The number of aromatic nitrogens is 1. The Morgan fingerprint density at radius 2 is 2.04 bits per heavy atom. The number of rotatable bonds is 3. The Labute approximate surface area is 136 Å². The van der Waals surface area contributed by atoms with Crippen LogP contribution in [0.4, 0.5) is 4.79 Å². The van der Waals surface area contributed by atoms with E-state index in [0.717, 1.165) is 5.69 Å². The van der Waals surface area contributed by atoms with E-state index >= 15 is 0 Å². The highest BCUT2D eigenvalue weighted by atomic mass is 16.6. The third-order valence-corrected chi connectivity index (χ3v) is 3.63. The zero-order chi connectivity index (χ0) is 17.0. The predicted octanol–water partition coefficient (Wildman–Crippen LogP) is 2.60. The Morgan fingerprint density at radius 3 is 2.61 bits per heavy atom. The lowest BCUT2D eigenvalue weighted by Crippen LogP contribution is -2.36. The van der Waals surface area contributed by atoms with E-state index in [2.05, 4.69) is 4.98 Å². The topological polar surface area (TPSA) is 68.7 Å². The van der Waals surface area contributed by atoms with E-state index < -0.39 is 17.6 Å². The van der Waals surface area contributed by atoms with Gasteiger partial charge in [-0.05, 0) is 39.8 Å². The second kappa shape index (κ2) is 6.98. The lowest BCUT2D eigenvalue weighted by atomic mass is 9.92. The van der Waals surface area contributed by atoms with Crippen molar-refractivity contribution in [1.29, 1.82) is 0 Å². The van der Waals surface area contributed by atoms with E-state index in [9.17, 15) is 9.59 Å². The minimum absolute atomic E-state index is 0.178. The molecule has 0 aliphatic carbocycles. The van der Waals surface area contributed by atoms with Gasteiger partial charge in [0.05, 0.1) is 12.5 Å². The second-order valence-corrected chi connectivity index (χ2v) is 6.60. The normalized spacial score (nSPS) is 21.1. The van der Waals surface area contributed by atoms with Gasteiger partial charge in [-0.25, -0.2) is 4.79 Å². The summed E-state index contributed by atoms with van der Waals surface area (Å²) in [5.74, 6) is -0.894. The van der Waals surface area contributed by atoms with Gasteiger partial charge in [-0.15, -0.1) is 0 Å². The maximum Gasteiger partial charge on any atom is 0.410 e. The molecule has 126 valence electrons. The fraction of sp³-hybridized carbons (Fsp3) is 0.588. The maximum absolute atomic E-state index is 12.3. The molecule has 0 radical (unpaired) electrons. The molecule has 1 saturated heterocycles. The lowest BCUT2D eigenvalue weighted by Gasteiger charge is -2.24. The van der Waals surface area contributed by atoms with Crippen LogP contribution < -0.4 is 0 Å². The summed E-state index contributed by atoms with van der Waals surface area (Å²) in [6, 6.07) is 5.57. The van der Waals surface area contributed by atoms with E-state index in [4.69, 9.17) is 9.47 Å². The van der Waals surface area contributed by atoms with Gasteiger partial charge in [-0.1, -0.05) is 6.07 Å². The summed E-state index contributed by atoms with van der Waals surface area (Å²) >= 11 is 0. The zero-order valence-electron chi connectivity index (χ0n) is 14.1. The summed E-state index contributed by atoms with van der Waals surface area (Å²) in [6.07, 6.45) is 1.28. The molecule has 2 atom stereocenters. The molecule has 1 aliphatic rings. The summed E-state index contributed by atoms with van der Waals surface area (Å²) in [7, 11) is 0. The first-order valence-corrected chi connectivity index (χ1v) is 7.87. The van der Waals surface area contributed by atoms with Gasteiger partial charge in [-0.2, -0.15) is 0 Å². The molecule has 1 aromatic rings. The molecule has 1 aliphatic heterocycles. The third-order valence-electron chi connectivity index (χ3n) is 3.63. The molecular weight excluding hydrogens is 296 g/mol. The minimum atomic E-state index is -0.570. The predicted molar refractivity (Wildman–Crippen MR) is 84.9 cm³/mol. The summed E-state index contributed by atoms with van der Waals surface area (Å²) in [4.78, 5) is 30.4. The summed E-state index contributed by atoms with van der Waals surface area (Å²) in [5, 5.41) is 0. The Bertz CT molecular complexity index is 553. The van der Waals surface area contributed by atoms with Crippen LogP contribution in [0.5, 0.6) is 0 Å². The number of carbonyl (C=O) groups excluding carboxylic acids is 2. The van der Waals surface area contributed by atoms with Crippen molar-refractivity contribution in [2.24, 2.45) is 5.92 Å². The molecule has 2 unspecified atom stereocenters. The monoisotopic (exact) mass is 320 g/mol. The number of hydrogen-bond donors (Lipinski definition) is 0. The largest absolute Gasteiger partial charge is 0.466 e. The molecule has 1 fully saturated rings. The van der Waals surface area contributed by atoms with Gasteiger partial charge in [0.25, 0.3) is 0 Å². The van der Waals surface area contributed by atoms with Gasteiger partial charge >= 0.3 is 12.1 Å². The minimum Gasteiger partial charge on any atom is -0.466 e. The first kappa shape index (κ1) is 17.2. The van der Waals surface area contributed by atoms with E-state index in [0.29, 0.717) is 13.2 Å². The molecule has 1 aromatic heterocycles. The average Bonchev–Trinajstić information content (AvgIpc) is 2.92. The first-order chi connectivity index (χ1) is 10.8. The third kappa shape index (κ3) is 4.43. The smallest absolute Gasteiger partial charge is 0.410 e. The Hall–Kier alpha value is -2.11. The van der Waals surface area contributed by atoms with Gasteiger partial charge in [0.1, 0.15) is 5.60 Å². The second-order valence-electron chi connectivity index (χ2n) is 6.60. The average molecular weight is 320 g/mol.